The topological polar surface area (TPSA) is 75.0 Å². The van der Waals surface area contributed by atoms with E-state index in [4.69, 9.17) is 5.73 Å². The van der Waals surface area contributed by atoms with Gasteiger partial charge in [0.1, 0.15) is 0 Å². The molecule has 5 heteroatoms. The van der Waals surface area contributed by atoms with E-state index < -0.39 is 0 Å². The van der Waals surface area contributed by atoms with Gasteiger partial charge < -0.3 is 10.6 Å². The number of rotatable bonds is 2. The molecule has 0 aliphatic carbocycles. The first kappa shape index (κ1) is 11.8. The molecule has 1 aliphatic heterocycles. The van der Waals surface area contributed by atoms with Gasteiger partial charge in [0.15, 0.2) is 0 Å². The molecule has 1 amide bonds. The van der Waals surface area contributed by atoms with Crippen LogP contribution in [-0.4, -0.2) is 22.6 Å². The molecule has 0 radical (unpaired) electrons. The summed E-state index contributed by atoms with van der Waals surface area (Å²) in [6.07, 6.45) is 3.89. The Kier molecular flexibility index (Phi) is 2.95. The van der Waals surface area contributed by atoms with Gasteiger partial charge >= 0.3 is 0 Å². The van der Waals surface area contributed by atoms with Crippen LogP contribution in [0, 0.1) is 0 Å². The van der Waals surface area contributed by atoms with Crippen molar-refractivity contribution in [3.8, 4) is 0 Å². The van der Waals surface area contributed by atoms with E-state index in [1.54, 1.807) is 6.20 Å². The van der Waals surface area contributed by atoms with Crippen LogP contribution < -0.4 is 10.6 Å². The van der Waals surface area contributed by atoms with Gasteiger partial charge in [0.05, 0.1) is 6.42 Å². The lowest BCUT2D eigenvalue weighted by molar-refractivity contribution is -0.118. The summed E-state index contributed by atoms with van der Waals surface area (Å²) in [4.78, 5) is 14.2. The number of carbonyl (C=O) groups excluding carboxylic acids is 1. The Morgan fingerprint density at radius 2 is 2.32 bits per heavy atom. The van der Waals surface area contributed by atoms with Gasteiger partial charge in [-0.2, -0.15) is 5.10 Å². The van der Waals surface area contributed by atoms with E-state index in [-0.39, 0.29) is 5.91 Å². The number of nitrogens with two attached hydrogens (primary N) is 1. The van der Waals surface area contributed by atoms with E-state index >= 15 is 0 Å². The summed E-state index contributed by atoms with van der Waals surface area (Å²) < 4.78 is 0. The number of aromatic amines is 1. The maximum absolute atomic E-state index is 12.4. The predicted octanol–water partition coefficient (Wildman–Crippen LogP) is 1.51. The number of nitrogens with zero attached hydrogens (tertiary/aromatic N) is 2. The minimum atomic E-state index is 0.0794. The molecule has 1 aromatic heterocycles. The number of hydrogen-bond acceptors (Lipinski definition) is 3. The summed E-state index contributed by atoms with van der Waals surface area (Å²) in [5.74, 6) is 0.0794. The quantitative estimate of drug-likeness (QED) is 0.800. The Morgan fingerprint density at radius 3 is 3.11 bits per heavy atom. The Balaban J connectivity index is 1.87. The summed E-state index contributed by atoms with van der Waals surface area (Å²) in [7, 11) is 0. The van der Waals surface area contributed by atoms with E-state index in [1.807, 2.05) is 29.2 Å². The number of nitrogens with one attached hydrogen (secondary N) is 1. The number of H-pyrrole nitrogens is 1. The van der Waals surface area contributed by atoms with Crippen LogP contribution >= 0.6 is 0 Å². The van der Waals surface area contributed by atoms with E-state index in [9.17, 15) is 4.79 Å². The van der Waals surface area contributed by atoms with E-state index in [0.29, 0.717) is 6.42 Å². The average Bonchev–Trinajstić information content (AvgIpc) is 2.91. The number of fused-ring (bicyclic) bond motifs is 1. The molecular formula is C14H16N4O. The third kappa shape index (κ3) is 2.19. The zero-order valence-corrected chi connectivity index (χ0v) is 10.6. The van der Waals surface area contributed by atoms with Crippen LogP contribution in [0.15, 0.2) is 30.5 Å². The molecule has 1 aliphatic rings. The highest BCUT2D eigenvalue weighted by molar-refractivity contribution is 5.96. The lowest BCUT2D eigenvalue weighted by atomic mass is 9.99. The van der Waals surface area contributed by atoms with Gasteiger partial charge in [0.25, 0.3) is 0 Å². The lowest BCUT2D eigenvalue weighted by Crippen LogP contribution is -2.36. The molecule has 3 rings (SSSR count). The molecule has 2 heterocycles. The molecule has 0 bridgehead atoms. The number of nitrogen functional groups attached to an aromatic ring is 1. The Hall–Kier alpha value is -2.30. The van der Waals surface area contributed by atoms with Gasteiger partial charge in [-0.05, 0) is 36.6 Å². The van der Waals surface area contributed by atoms with Crippen LogP contribution in [0.5, 0.6) is 0 Å². The number of benzene rings is 1. The fourth-order valence-corrected chi connectivity index (χ4v) is 2.55. The van der Waals surface area contributed by atoms with Crippen molar-refractivity contribution in [2.24, 2.45) is 0 Å². The fourth-order valence-electron chi connectivity index (χ4n) is 2.55. The second-order valence-corrected chi connectivity index (χ2v) is 4.75. The van der Waals surface area contributed by atoms with Crippen LogP contribution in [0.2, 0.25) is 0 Å². The maximum atomic E-state index is 12.4. The normalized spacial score (nSPS) is 14.2. The number of anilines is 2. The summed E-state index contributed by atoms with van der Waals surface area (Å²) in [5.41, 5.74) is 9.64. The standard InChI is InChI=1S/C14H16N4O/c15-12-4-1-5-13-11(12)3-2-8-18(13)14(19)9-10-6-7-16-17-10/h1,4-7H,2-3,8-9,15H2,(H,16,17). The van der Waals surface area contributed by atoms with Crippen molar-refractivity contribution in [2.45, 2.75) is 19.3 Å². The lowest BCUT2D eigenvalue weighted by Gasteiger charge is -2.30. The molecule has 0 atom stereocenters. The highest BCUT2D eigenvalue weighted by Gasteiger charge is 2.23. The Morgan fingerprint density at radius 1 is 1.42 bits per heavy atom. The summed E-state index contributed by atoms with van der Waals surface area (Å²) in [5, 5.41) is 6.68. The minimum absolute atomic E-state index is 0.0794. The smallest absolute Gasteiger partial charge is 0.232 e. The van der Waals surface area contributed by atoms with Crippen LogP contribution in [0.25, 0.3) is 0 Å². The molecule has 0 saturated carbocycles. The predicted molar refractivity (Wildman–Crippen MR) is 73.8 cm³/mol. The van der Waals surface area contributed by atoms with Crippen molar-refractivity contribution < 1.29 is 4.79 Å². The van der Waals surface area contributed by atoms with E-state index in [2.05, 4.69) is 10.2 Å². The highest BCUT2D eigenvalue weighted by atomic mass is 16.2. The molecule has 0 fully saturated rings. The number of aromatic nitrogens is 2. The van der Waals surface area contributed by atoms with E-state index in [0.717, 1.165) is 42.0 Å². The first-order chi connectivity index (χ1) is 9.25. The molecule has 0 spiro atoms. The van der Waals surface area contributed by atoms with Crippen molar-refractivity contribution >= 4 is 17.3 Å². The average molecular weight is 256 g/mol. The summed E-state index contributed by atoms with van der Waals surface area (Å²) in [6, 6.07) is 7.58. The molecule has 0 unspecified atom stereocenters. The monoisotopic (exact) mass is 256 g/mol. The first-order valence-corrected chi connectivity index (χ1v) is 6.41. The third-order valence-electron chi connectivity index (χ3n) is 3.49. The number of hydrogen-bond donors (Lipinski definition) is 2. The van der Waals surface area contributed by atoms with Crippen LogP contribution in [-0.2, 0) is 17.6 Å². The molecule has 2 aromatic rings. The van der Waals surface area contributed by atoms with Gasteiger partial charge in [0, 0.05) is 29.8 Å². The van der Waals surface area contributed by atoms with Crippen molar-refractivity contribution in [3.63, 3.8) is 0 Å². The second-order valence-electron chi connectivity index (χ2n) is 4.75. The third-order valence-corrected chi connectivity index (χ3v) is 3.49. The zero-order valence-electron chi connectivity index (χ0n) is 10.6. The van der Waals surface area contributed by atoms with Gasteiger partial charge in [-0.3, -0.25) is 9.89 Å². The Bertz CT molecular complexity index is 591. The van der Waals surface area contributed by atoms with Gasteiger partial charge in [-0.15, -0.1) is 0 Å². The first-order valence-electron chi connectivity index (χ1n) is 6.41. The Labute approximate surface area is 111 Å². The number of amides is 1. The fraction of sp³-hybridized carbons (Fsp3) is 0.286. The maximum Gasteiger partial charge on any atom is 0.232 e. The molecule has 5 nitrogen and oxygen atoms in total. The van der Waals surface area contributed by atoms with E-state index in [1.165, 1.54) is 0 Å². The van der Waals surface area contributed by atoms with Crippen molar-refractivity contribution in [3.05, 3.63) is 41.7 Å². The molecule has 19 heavy (non-hydrogen) atoms. The second kappa shape index (κ2) is 4.76. The van der Waals surface area contributed by atoms with Gasteiger partial charge in [0.2, 0.25) is 5.91 Å². The molecule has 98 valence electrons. The van der Waals surface area contributed by atoms with Crippen LogP contribution in [0.1, 0.15) is 17.7 Å². The number of carbonyl (C=O) groups is 1. The molecule has 1 aromatic carbocycles. The summed E-state index contributed by atoms with van der Waals surface area (Å²) in [6.45, 7) is 0.753. The van der Waals surface area contributed by atoms with Crippen LogP contribution in [0.4, 0.5) is 11.4 Å². The molecular weight excluding hydrogens is 240 g/mol. The SMILES string of the molecule is Nc1cccc2c1CCCN2C(=O)Cc1ccn[nH]1. The van der Waals surface area contributed by atoms with Gasteiger partial charge in [-0.25, -0.2) is 0 Å². The largest absolute Gasteiger partial charge is 0.398 e. The van der Waals surface area contributed by atoms with Crippen LogP contribution in [0.3, 0.4) is 0 Å². The molecule has 3 N–H and O–H groups in total. The van der Waals surface area contributed by atoms with Gasteiger partial charge in [-0.1, -0.05) is 6.07 Å². The van der Waals surface area contributed by atoms with Crippen molar-refractivity contribution in [1.82, 2.24) is 10.2 Å². The zero-order chi connectivity index (χ0) is 13.2. The van der Waals surface area contributed by atoms with Crippen molar-refractivity contribution in [1.29, 1.82) is 0 Å². The molecule has 0 saturated heterocycles. The minimum Gasteiger partial charge on any atom is -0.398 e. The highest BCUT2D eigenvalue weighted by Crippen LogP contribution is 2.31. The summed E-state index contributed by atoms with van der Waals surface area (Å²) >= 11 is 0. The van der Waals surface area contributed by atoms with Crippen molar-refractivity contribution in [2.75, 3.05) is 17.2 Å².